The molecule has 0 unspecified atom stereocenters. The maximum Gasteiger partial charge on any atom is 0.305 e. The van der Waals surface area contributed by atoms with Crippen molar-refractivity contribution in [1.29, 1.82) is 5.41 Å². The number of unbranched alkanes of at least 4 members (excludes halogenated alkanes) is 1. The van der Waals surface area contributed by atoms with Gasteiger partial charge in [-0.15, -0.1) is 0 Å². The SMILES string of the molecule is CC(C)COC(=O)CCCCNC(=N)N. The Morgan fingerprint density at radius 3 is 2.67 bits per heavy atom. The van der Waals surface area contributed by atoms with Crippen LogP contribution in [-0.2, 0) is 9.53 Å². The summed E-state index contributed by atoms with van der Waals surface area (Å²) in [4.78, 5) is 11.1. The fourth-order valence-electron chi connectivity index (χ4n) is 0.949. The van der Waals surface area contributed by atoms with Gasteiger partial charge in [-0.1, -0.05) is 13.8 Å². The Hall–Kier alpha value is -1.26. The first kappa shape index (κ1) is 13.7. The standard InChI is InChI=1S/C10H21N3O2/c1-8(2)7-15-9(14)5-3-4-6-13-10(11)12/h8H,3-7H2,1-2H3,(H4,11,12,13). The second-order valence-corrected chi connectivity index (χ2v) is 3.87. The van der Waals surface area contributed by atoms with Crippen LogP contribution in [0.15, 0.2) is 0 Å². The van der Waals surface area contributed by atoms with Crippen molar-refractivity contribution >= 4 is 11.9 Å². The van der Waals surface area contributed by atoms with Crippen LogP contribution in [0.25, 0.3) is 0 Å². The smallest absolute Gasteiger partial charge is 0.305 e. The number of guanidine groups is 1. The molecule has 0 saturated carbocycles. The van der Waals surface area contributed by atoms with E-state index in [0.29, 0.717) is 25.5 Å². The number of rotatable bonds is 7. The highest BCUT2D eigenvalue weighted by atomic mass is 16.5. The first-order valence-electron chi connectivity index (χ1n) is 5.26. The summed E-state index contributed by atoms with van der Waals surface area (Å²) in [6, 6.07) is 0. The molecule has 0 aromatic heterocycles. The van der Waals surface area contributed by atoms with Crippen molar-refractivity contribution in [2.45, 2.75) is 33.1 Å². The molecule has 15 heavy (non-hydrogen) atoms. The predicted octanol–water partition coefficient (Wildman–Crippen LogP) is 0.839. The van der Waals surface area contributed by atoms with Gasteiger partial charge in [0.15, 0.2) is 5.96 Å². The van der Waals surface area contributed by atoms with Gasteiger partial charge in [0.05, 0.1) is 6.61 Å². The number of esters is 1. The molecular weight excluding hydrogens is 194 g/mol. The maximum atomic E-state index is 11.1. The van der Waals surface area contributed by atoms with Gasteiger partial charge in [0.2, 0.25) is 0 Å². The number of nitrogens with one attached hydrogen (secondary N) is 2. The summed E-state index contributed by atoms with van der Waals surface area (Å²) in [5.74, 6) is 0.206. The van der Waals surface area contributed by atoms with E-state index in [9.17, 15) is 4.79 Å². The summed E-state index contributed by atoms with van der Waals surface area (Å²) in [6.45, 7) is 5.13. The summed E-state index contributed by atoms with van der Waals surface area (Å²) in [5, 5.41) is 9.58. The van der Waals surface area contributed by atoms with E-state index in [-0.39, 0.29) is 11.9 Å². The third kappa shape index (κ3) is 10.7. The Kier molecular flexibility index (Phi) is 7.40. The highest BCUT2D eigenvalue weighted by Crippen LogP contribution is 1.99. The molecule has 0 saturated heterocycles. The van der Waals surface area contributed by atoms with Gasteiger partial charge in [0, 0.05) is 13.0 Å². The van der Waals surface area contributed by atoms with E-state index in [2.05, 4.69) is 5.32 Å². The number of nitrogens with two attached hydrogens (primary N) is 1. The van der Waals surface area contributed by atoms with E-state index in [1.807, 2.05) is 13.8 Å². The van der Waals surface area contributed by atoms with Crippen molar-refractivity contribution in [3.63, 3.8) is 0 Å². The van der Waals surface area contributed by atoms with E-state index < -0.39 is 0 Å². The minimum absolute atomic E-state index is 0.0302. The zero-order valence-corrected chi connectivity index (χ0v) is 9.51. The highest BCUT2D eigenvalue weighted by molar-refractivity contribution is 5.74. The Labute approximate surface area is 90.9 Å². The summed E-state index contributed by atoms with van der Waals surface area (Å²) < 4.78 is 5.00. The second-order valence-electron chi connectivity index (χ2n) is 3.87. The number of hydrogen-bond donors (Lipinski definition) is 3. The Balaban J connectivity index is 3.28. The van der Waals surface area contributed by atoms with E-state index in [4.69, 9.17) is 15.9 Å². The van der Waals surface area contributed by atoms with Crippen LogP contribution in [0, 0.1) is 11.3 Å². The average molecular weight is 215 g/mol. The van der Waals surface area contributed by atoms with Crippen LogP contribution < -0.4 is 11.1 Å². The lowest BCUT2D eigenvalue weighted by Gasteiger charge is -2.07. The molecule has 5 nitrogen and oxygen atoms in total. The molecule has 0 spiro atoms. The fraction of sp³-hybridized carbons (Fsp3) is 0.800. The molecule has 0 aromatic carbocycles. The molecule has 0 aromatic rings. The quantitative estimate of drug-likeness (QED) is 0.254. The van der Waals surface area contributed by atoms with Gasteiger partial charge < -0.3 is 15.8 Å². The lowest BCUT2D eigenvalue weighted by Crippen LogP contribution is -2.30. The predicted molar refractivity (Wildman–Crippen MR) is 59.6 cm³/mol. The fourth-order valence-corrected chi connectivity index (χ4v) is 0.949. The molecule has 0 aliphatic carbocycles. The van der Waals surface area contributed by atoms with Crippen molar-refractivity contribution in [2.75, 3.05) is 13.2 Å². The van der Waals surface area contributed by atoms with Gasteiger partial charge in [-0.3, -0.25) is 10.2 Å². The van der Waals surface area contributed by atoms with Crippen molar-refractivity contribution in [2.24, 2.45) is 11.7 Å². The molecule has 0 amide bonds. The monoisotopic (exact) mass is 215 g/mol. The Morgan fingerprint density at radius 1 is 1.47 bits per heavy atom. The molecule has 5 heteroatoms. The number of carbonyl (C=O) groups excluding carboxylic acids is 1. The van der Waals surface area contributed by atoms with Crippen LogP contribution in [0.3, 0.4) is 0 Å². The van der Waals surface area contributed by atoms with E-state index in [0.717, 1.165) is 12.8 Å². The van der Waals surface area contributed by atoms with Gasteiger partial charge in [-0.25, -0.2) is 0 Å². The zero-order valence-electron chi connectivity index (χ0n) is 9.51. The number of carbonyl (C=O) groups is 1. The summed E-state index contributed by atoms with van der Waals surface area (Å²) in [5.41, 5.74) is 5.10. The molecule has 88 valence electrons. The molecule has 0 aliphatic rings. The minimum atomic E-state index is -0.147. The van der Waals surface area contributed by atoms with Crippen LogP contribution in [0.5, 0.6) is 0 Å². The molecule has 0 rings (SSSR count). The van der Waals surface area contributed by atoms with Crippen LogP contribution in [0.4, 0.5) is 0 Å². The Bertz CT molecular complexity index is 205. The first-order valence-corrected chi connectivity index (χ1v) is 5.26. The van der Waals surface area contributed by atoms with E-state index >= 15 is 0 Å². The van der Waals surface area contributed by atoms with Crippen LogP contribution in [-0.4, -0.2) is 25.1 Å². The molecule has 0 bridgehead atoms. The first-order chi connectivity index (χ1) is 7.02. The van der Waals surface area contributed by atoms with Crippen LogP contribution >= 0.6 is 0 Å². The Morgan fingerprint density at radius 2 is 2.13 bits per heavy atom. The van der Waals surface area contributed by atoms with Gasteiger partial charge in [0.25, 0.3) is 0 Å². The van der Waals surface area contributed by atoms with Crippen molar-refractivity contribution < 1.29 is 9.53 Å². The summed E-state index contributed by atoms with van der Waals surface area (Å²) >= 11 is 0. The lowest BCUT2D eigenvalue weighted by atomic mass is 10.2. The highest BCUT2D eigenvalue weighted by Gasteiger charge is 2.03. The molecule has 0 fully saturated rings. The third-order valence-corrected chi connectivity index (χ3v) is 1.70. The summed E-state index contributed by atoms with van der Waals surface area (Å²) in [6.07, 6.45) is 2.01. The van der Waals surface area contributed by atoms with Gasteiger partial charge in [0.1, 0.15) is 0 Å². The maximum absolute atomic E-state index is 11.1. The van der Waals surface area contributed by atoms with Crippen molar-refractivity contribution in [3.8, 4) is 0 Å². The second kappa shape index (κ2) is 8.08. The number of ether oxygens (including phenoxy) is 1. The molecule has 0 atom stereocenters. The minimum Gasteiger partial charge on any atom is -0.465 e. The normalized spacial score (nSPS) is 10.1. The average Bonchev–Trinajstić information content (AvgIpc) is 2.13. The van der Waals surface area contributed by atoms with Crippen LogP contribution in [0.1, 0.15) is 33.1 Å². The molecule has 0 heterocycles. The van der Waals surface area contributed by atoms with Crippen molar-refractivity contribution in [3.05, 3.63) is 0 Å². The van der Waals surface area contributed by atoms with Crippen molar-refractivity contribution in [1.82, 2.24) is 5.32 Å². The molecule has 4 N–H and O–H groups in total. The third-order valence-electron chi connectivity index (χ3n) is 1.70. The van der Waals surface area contributed by atoms with Gasteiger partial charge >= 0.3 is 5.97 Å². The van der Waals surface area contributed by atoms with Gasteiger partial charge in [-0.05, 0) is 18.8 Å². The van der Waals surface area contributed by atoms with E-state index in [1.165, 1.54) is 0 Å². The topological polar surface area (TPSA) is 88.2 Å². The molecule has 0 aliphatic heterocycles. The van der Waals surface area contributed by atoms with Gasteiger partial charge in [-0.2, -0.15) is 0 Å². The summed E-state index contributed by atoms with van der Waals surface area (Å²) in [7, 11) is 0. The van der Waals surface area contributed by atoms with E-state index in [1.54, 1.807) is 0 Å². The number of hydrogen-bond acceptors (Lipinski definition) is 3. The zero-order chi connectivity index (χ0) is 11.7. The largest absolute Gasteiger partial charge is 0.465 e. The van der Waals surface area contributed by atoms with Crippen LogP contribution in [0.2, 0.25) is 0 Å². The molecule has 0 radical (unpaired) electrons. The molecular formula is C10H21N3O2. The lowest BCUT2D eigenvalue weighted by molar-refractivity contribution is -0.144.